The quantitative estimate of drug-likeness (QED) is 0.857. The lowest BCUT2D eigenvalue weighted by Crippen LogP contribution is -2.47. The van der Waals surface area contributed by atoms with Crippen molar-refractivity contribution in [2.45, 2.75) is 69.9 Å². The Morgan fingerprint density at radius 2 is 1.90 bits per heavy atom. The second-order valence-electron chi connectivity index (χ2n) is 7.21. The van der Waals surface area contributed by atoms with Crippen LogP contribution in [0.15, 0.2) is 0 Å². The van der Waals surface area contributed by atoms with E-state index < -0.39 is 0 Å². The smallest absolute Gasteiger partial charge is 0.0697 e. The predicted octanol–water partition coefficient (Wildman–Crippen LogP) is 2.80. The maximum Gasteiger partial charge on any atom is 0.0697 e. The van der Waals surface area contributed by atoms with Crippen LogP contribution in [0, 0.1) is 5.92 Å². The molecule has 3 rings (SSSR count). The van der Waals surface area contributed by atoms with Crippen molar-refractivity contribution in [1.29, 1.82) is 0 Å². The summed E-state index contributed by atoms with van der Waals surface area (Å²) in [7, 11) is 0. The van der Waals surface area contributed by atoms with Crippen LogP contribution in [-0.2, 0) is 4.74 Å². The molecule has 0 aromatic rings. The summed E-state index contributed by atoms with van der Waals surface area (Å²) in [5.74, 6) is 0.903. The molecule has 1 aliphatic carbocycles. The van der Waals surface area contributed by atoms with Gasteiger partial charge in [0.15, 0.2) is 0 Å². The summed E-state index contributed by atoms with van der Waals surface area (Å²) in [5.41, 5.74) is 0.265. The van der Waals surface area contributed by atoms with Crippen LogP contribution in [0.3, 0.4) is 0 Å². The first-order chi connectivity index (χ1) is 9.80. The third-order valence-corrected chi connectivity index (χ3v) is 5.86. The highest BCUT2D eigenvalue weighted by atomic mass is 16.5. The van der Waals surface area contributed by atoms with Gasteiger partial charge in [-0.2, -0.15) is 0 Å². The van der Waals surface area contributed by atoms with Crippen LogP contribution in [0.25, 0.3) is 0 Å². The monoisotopic (exact) mass is 280 g/mol. The predicted molar refractivity (Wildman–Crippen MR) is 83.0 cm³/mol. The Morgan fingerprint density at radius 1 is 1.15 bits per heavy atom. The van der Waals surface area contributed by atoms with Crippen LogP contribution < -0.4 is 5.32 Å². The first kappa shape index (κ1) is 14.8. The molecule has 20 heavy (non-hydrogen) atoms. The molecule has 3 nitrogen and oxygen atoms in total. The molecular formula is C17H32N2O. The fourth-order valence-electron chi connectivity index (χ4n) is 4.41. The van der Waals surface area contributed by atoms with Crippen molar-refractivity contribution in [3.63, 3.8) is 0 Å². The summed E-state index contributed by atoms with van der Waals surface area (Å²) in [6.07, 6.45) is 10.6. The van der Waals surface area contributed by atoms with Crippen molar-refractivity contribution in [3.05, 3.63) is 0 Å². The molecule has 3 fully saturated rings. The number of nitrogens with zero attached hydrogens (tertiary/aromatic N) is 1. The lowest BCUT2D eigenvalue weighted by molar-refractivity contribution is -0.0840. The third kappa shape index (κ3) is 3.55. The number of piperidine rings is 1. The highest BCUT2D eigenvalue weighted by Crippen LogP contribution is 2.40. The number of hydrogen-bond donors (Lipinski definition) is 1. The number of likely N-dealkylation sites (tertiary alicyclic amines) is 1. The highest BCUT2D eigenvalue weighted by Gasteiger charge is 2.39. The van der Waals surface area contributed by atoms with Crippen LogP contribution in [-0.4, -0.2) is 49.3 Å². The fraction of sp³-hybridized carbons (Fsp3) is 1.00. The molecule has 0 amide bonds. The van der Waals surface area contributed by atoms with E-state index in [4.69, 9.17) is 4.74 Å². The molecule has 3 aliphatic rings. The zero-order valence-electron chi connectivity index (χ0n) is 13.2. The summed E-state index contributed by atoms with van der Waals surface area (Å²) in [4.78, 5) is 2.58. The van der Waals surface area contributed by atoms with E-state index >= 15 is 0 Å². The van der Waals surface area contributed by atoms with Crippen LogP contribution in [0.4, 0.5) is 0 Å². The molecule has 3 heteroatoms. The van der Waals surface area contributed by atoms with E-state index in [0.717, 1.165) is 12.5 Å². The molecular weight excluding hydrogens is 248 g/mol. The lowest BCUT2D eigenvalue weighted by atomic mass is 9.88. The van der Waals surface area contributed by atoms with Crippen molar-refractivity contribution in [2.24, 2.45) is 5.92 Å². The maximum absolute atomic E-state index is 6.13. The first-order valence-corrected chi connectivity index (χ1v) is 8.89. The molecule has 1 atom stereocenters. The minimum absolute atomic E-state index is 0.265. The van der Waals surface area contributed by atoms with Gasteiger partial charge in [0.05, 0.1) is 5.60 Å². The molecule has 0 bridgehead atoms. The molecule has 2 heterocycles. The Morgan fingerprint density at radius 3 is 2.60 bits per heavy atom. The van der Waals surface area contributed by atoms with Crippen molar-refractivity contribution in [3.8, 4) is 0 Å². The second-order valence-corrected chi connectivity index (χ2v) is 7.21. The summed E-state index contributed by atoms with van der Waals surface area (Å²) < 4.78 is 6.13. The van der Waals surface area contributed by atoms with Gasteiger partial charge in [-0.25, -0.2) is 0 Å². The Balaban J connectivity index is 1.40. The first-order valence-electron chi connectivity index (χ1n) is 8.89. The van der Waals surface area contributed by atoms with Gasteiger partial charge in [0, 0.05) is 12.6 Å². The van der Waals surface area contributed by atoms with Crippen molar-refractivity contribution in [2.75, 3.05) is 32.8 Å². The largest absolute Gasteiger partial charge is 0.375 e. The molecule has 1 saturated carbocycles. The van der Waals surface area contributed by atoms with Crippen molar-refractivity contribution in [1.82, 2.24) is 10.2 Å². The Kier molecular flexibility index (Phi) is 5.00. The summed E-state index contributed by atoms with van der Waals surface area (Å²) in [6, 6.07) is 0.714. The SMILES string of the molecule is CCN1CCC(CNC2CCOC3(CCCC3)C2)CC1. The number of ether oxygens (including phenoxy) is 1. The van der Waals surface area contributed by atoms with Crippen LogP contribution in [0.5, 0.6) is 0 Å². The summed E-state index contributed by atoms with van der Waals surface area (Å²) in [5, 5.41) is 3.88. The van der Waals surface area contributed by atoms with Crippen LogP contribution in [0.1, 0.15) is 58.3 Å². The number of rotatable bonds is 4. The van der Waals surface area contributed by atoms with E-state index in [1.54, 1.807) is 0 Å². The van der Waals surface area contributed by atoms with Gasteiger partial charge < -0.3 is 15.0 Å². The van der Waals surface area contributed by atoms with E-state index in [9.17, 15) is 0 Å². The third-order valence-electron chi connectivity index (χ3n) is 5.86. The molecule has 116 valence electrons. The van der Waals surface area contributed by atoms with Crippen LogP contribution >= 0.6 is 0 Å². The van der Waals surface area contributed by atoms with E-state index in [-0.39, 0.29) is 5.60 Å². The van der Waals surface area contributed by atoms with Gasteiger partial charge in [-0.05, 0) is 70.6 Å². The highest BCUT2D eigenvalue weighted by molar-refractivity contribution is 4.93. The fourth-order valence-corrected chi connectivity index (χ4v) is 4.41. The Labute approximate surface area is 124 Å². The van der Waals surface area contributed by atoms with E-state index in [1.807, 2.05) is 0 Å². The Hall–Kier alpha value is -0.120. The van der Waals surface area contributed by atoms with Gasteiger partial charge in [0.25, 0.3) is 0 Å². The Bertz CT molecular complexity index is 293. The molecule has 0 aromatic carbocycles. The van der Waals surface area contributed by atoms with Gasteiger partial charge in [-0.3, -0.25) is 0 Å². The van der Waals surface area contributed by atoms with Crippen molar-refractivity contribution < 1.29 is 4.74 Å². The summed E-state index contributed by atoms with van der Waals surface area (Å²) in [6.45, 7) is 8.33. The zero-order valence-corrected chi connectivity index (χ0v) is 13.2. The molecule has 0 aromatic heterocycles. The molecule has 0 radical (unpaired) electrons. The minimum Gasteiger partial charge on any atom is -0.375 e. The second kappa shape index (κ2) is 6.76. The molecule has 1 N–H and O–H groups in total. The average molecular weight is 280 g/mol. The molecule has 1 spiro atoms. The number of hydrogen-bond acceptors (Lipinski definition) is 3. The zero-order chi connectivity index (χ0) is 13.8. The topological polar surface area (TPSA) is 24.5 Å². The van der Waals surface area contributed by atoms with Gasteiger partial charge in [0.1, 0.15) is 0 Å². The lowest BCUT2D eigenvalue weighted by Gasteiger charge is -2.39. The van der Waals surface area contributed by atoms with Gasteiger partial charge in [-0.1, -0.05) is 19.8 Å². The standard InChI is InChI=1S/C17H32N2O/c1-2-19-10-5-15(6-11-19)14-18-16-7-12-20-17(13-16)8-3-4-9-17/h15-16,18H,2-14H2,1H3. The van der Waals surface area contributed by atoms with Crippen LogP contribution in [0.2, 0.25) is 0 Å². The minimum atomic E-state index is 0.265. The molecule has 2 aliphatic heterocycles. The van der Waals surface area contributed by atoms with E-state index in [2.05, 4.69) is 17.1 Å². The van der Waals surface area contributed by atoms with Crippen molar-refractivity contribution >= 4 is 0 Å². The van der Waals surface area contributed by atoms with Gasteiger partial charge >= 0.3 is 0 Å². The van der Waals surface area contributed by atoms with E-state index in [1.165, 1.54) is 77.5 Å². The normalized spacial score (nSPS) is 31.9. The average Bonchev–Trinajstić information content (AvgIpc) is 2.93. The number of nitrogens with one attached hydrogen (secondary N) is 1. The molecule has 1 unspecified atom stereocenters. The van der Waals surface area contributed by atoms with Gasteiger partial charge in [0.2, 0.25) is 0 Å². The molecule has 2 saturated heterocycles. The summed E-state index contributed by atoms with van der Waals surface area (Å²) >= 11 is 0. The van der Waals surface area contributed by atoms with Gasteiger partial charge in [-0.15, -0.1) is 0 Å². The maximum atomic E-state index is 6.13. The van der Waals surface area contributed by atoms with E-state index in [0.29, 0.717) is 6.04 Å².